The minimum absolute atomic E-state index is 0.0550. The summed E-state index contributed by atoms with van der Waals surface area (Å²) in [6.45, 7) is 2.60. The number of hydrogen-bond acceptors (Lipinski definition) is 4. The SMILES string of the molecule is O=C(Nc1ccc(OCC2CCCCC2)cc1)C1COCCN1. The first-order chi connectivity index (χ1) is 11.3. The first kappa shape index (κ1) is 16.3. The molecular weight excluding hydrogens is 292 g/mol. The maximum Gasteiger partial charge on any atom is 0.243 e. The molecule has 1 aliphatic carbocycles. The molecule has 2 N–H and O–H groups in total. The molecule has 1 amide bonds. The smallest absolute Gasteiger partial charge is 0.243 e. The van der Waals surface area contributed by atoms with Gasteiger partial charge in [0, 0.05) is 12.2 Å². The van der Waals surface area contributed by atoms with E-state index in [1.54, 1.807) is 0 Å². The van der Waals surface area contributed by atoms with Gasteiger partial charge >= 0.3 is 0 Å². The van der Waals surface area contributed by atoms with Crippen molar-refractivity contribution in [2.75, 3.05) is 31.7 Å². The molecule has 1 aliphatic heterocycles. The summed E-state index contributed by atoms with van der Waals surface area (Å²) in [5.41, 5.74) is 0.785. The molecule has 1 aromatic rings. The van der Waals surface area contributed by atoms with E-state index in [9.17, 15) is 4.79 Å². The van der Waals surface area contributed by atoms with E-state index in [4.69, 9.17) is 9.47 Å². The molecule has 0 bridgehead atoms. The molecule has 1 saturated heterocycles. The highest BCUT2D eigenvalue weighted by molar-refractivity contribution is 5.95. The number of nitrogens with one attached hydrogen (secondary N) is 2. The van der Waals surface area contributed by atoms with Gasteiger partial charge in [0.1, 0.15) is 11.8 Å². The lowest BCUT2D eigenvalue weighted by Gasteiger charge is -2.23. The molecule has 1 unspecified atom stereocenters. The van der Waals surface area contributed by atoms with Crippen molar-refractivity contribution in [3.63, 3.8) is 0 Å². The van der Waals surface area contributed by atoms with Gasteiger partial charge in [-0.2, -0.15) is 0 Å². The Balaban J connectivity index is 1.45. The van der Waals surface area contributed by atoms with Crippen LogP contribution in [0.25, 0.3) is 0 Å². The third-order valence-electron chi connectivity index (χ3n) is 4.57. The van der Waals surface area contributed by atoms with Crippen molar-refractivity contribution in [2.45, 2.75) is 38.1 Å². The fourth-order valence-electron chi connectivity index (χ4n) is 3.17. The Morgan fingerprint density at radius 1 is 1.22 bits per heavy atom. The van der Waals surface area contributed by atoms with Gasteiger partial charge in [-0.25, -0.2) is 0 Å². The molecule has 1 aromatic carbocycles. The average molecular weight is 318 g/mol. The molecule has 126 valence electrons. The average Bonchev–Trinajstić information content (AvgIpc) is 2.63. The second-order valence-corrected chi connectivity index (χ2v) is 6.41. The van der Waals surface area contributed by atoms with E-state index < -0.39 is 0 Å². The van der Waals surface area contributed by atoms with Crippen LogP contribution in [-0.2, 0) is 9.53 Å². The molecule has 23 heavy (non-hydrogen) atoms. The van der Waals surface area contributed by atoms with Crippen LogP contribution in [0, 0.1) is 5.92 Å². The molecule has 0 radical (unpaired) electrons. The number of benzene rings is 1. The number of carbonyl (C=O) groups excluding carboxylic acids is 1. The van der Waals surface area contributed by atoms with Crippen LogP contribution in [0.1, 0.15) is 32.1 Å². The summed E-state index contributed by atoms with van der Waals surface area (Å²) in [4.78, 5) is 12.1. The quantitative estimate of drug-likeness (QED) is 0.876. The van der Waals surface area contributed by atoms with Crippen LogP contribution in [0.4, 0.5) is 5.69 Å². The highest BCUT2D eigenvalue weighted by Crippen LogP contribution is 2.25. The van der Waals surface area contributed by atoms with E-state index in [0.29, 0.717) is 25.7 Å². The van der Waals surface area contributed by atoms with Gasteiger partial charge in [-0.05, 0) is 43.0 Å². The predicted molar refractivity (Wildman–Crippen MR) is 89.8 cm³/mol. The molecule has 1 heterocycles. The van der Waals surface area contributed by atoms with Crippen LogP contribution in [-0.4, -0.2) is 38.3 Å². The zero-order valence-corrected chi connectivity index (χ0v) is 13.6. The summed E-state index contributed by atoms with van der Waals surface area (Å²) in [6, 6.07) is 7.34. The van der Waals surface area contributed by atoms with Crippen molar-refractivity contribution in [3.05, 3.63) is 24.3 Å². The Kier molecular flexibility index (Phi) is 5.88. The minimum atomic E-state index is -0.272. The number of rotatable bonds is 5. The largest absolute Gasteiger partial charge is 0.493 e. The van der Waals surface area contributed by atoms with E-state index in [0.717, 1.165) is 18.0 Å². The van der Waals surface area contributed by atoms with Gasteiger partial charge < -0.3 is 20.1 Å². The lowest BCUT2D eigenvalue weighted by Crippen LogP contribution is -2.48. The first-order valence-corrected chi connectivity index (χ1v) is 8.66. The van der Waals surface area contributed by atoms with Crippen molar-refractivity contribution in [2.24, 2.45) is 5.92 Å². The van der Waals surface area contributed by atoms with Crippen LogP contribution < -0.4 is 15.4 Å². The third kappa shape index (κ3) is 4.94. The molecule has 5 heteroatoms. The van der Waals surface area contributed by atoms with Crippen molar-refractivity contribution in [1.82, 2.24) is 5.32 Å². The lowest BCUT2D eigenvalue weighted by molar-refractivity contribution is -0.120. The maximum absolute atomic E-state index is 12.1. The van der Waals surface area contributed by atoms with Gasteiger partial charge in [-0.3, -0.25) is 4.79 Å². The molecule has 3 rings (SSSR count). The Morgan fingerprint density at radius 2 is 2.00 bits per heavy atom. The van der Waals surface area contributed by atoms with Crippen LogP contribution in [0.5, 0.6) is 5.75 Å². The Labute approximate surface area is 137 Å². The predicted octanol–water partition coefficient (Wildman–Crippen LogP) is 2.57. The van der Waals surface area contributed by atoms with Crippen molar-refractivity contribution in [3.8, 4) is 5.75 Å². The second kappa shape index (κ2) is 8.31. The second-order valence-electron chi connectivity index (χ2n) is 6.41. The van der Waals surface area contributed by atoms with Crippen LogP contribution in [0.2, 0.25) is 0 Å². The van der Waals surface area contributed by atoms with Gasteiger partial charge in [0.15, 0.2) is 0 Å². The molecule has 1 atom stereocenters. The van der Waals surface area contributed by atoms with E-state index >= 15 is 0 Å². The fourth-order valence-corrected chi connectivity index (χ4v) is 3.17. The van der Waals surface area contributed by atoms with Gasteiger partial charge in [0.2, 0.25) is 5.91 Å². The number of hydrogen-bond donors (Lipinski definition) is 2. The Hall–Kier alpha value is -1.59. The summed E-state index contributed by atoms with van der Waals surface area (Å²) in [6.07, 6.45) is 6.59. The van der Waals surface area contributed by atoms with E-state index in [-0.39, 0.29) is 11.9 Å². The van der Waals surface area contributed by atoms with E-state index in [1.807, 2.05) is 24.3 Å². The molecule has 5 nitrogen and oxygen atoms in total. The Bertz CT molecular complexity index is 491. The van der Waals surface area contributed by atoms with Crippen molar-refractivity contribution < 1.29 is 14.3 Å². The summed E-state index contributed by atoms with van der Waals surface area (Å²) in [5.74, 6) is 1.51. The summed E-state index contributed by atoms with van der Waals surface area (Å²) >= 11 is 0. The summed E-state index contributed by atoms with van der Waals surface area (Å²) < 4.78 is 11.2. The zero-order valence-electron chi connectivity index (χ0n) is 13.6. The molecule has 2 aliphatic rings. The highest BCUT2D eigenvalue weighted by Gasteiger charge is 2.21. The van der Waals surface area contributed by atoms with Gasteiger partial charge in [0.25, 0.3) is 0 Å². The Morgan fingerprint density at radius 3 is 2.70 bits per heavy atom. The fraction of sp³-hybridized carbons (Fsp3) is 0.611. The monoisotopic (exact) mass is 318 g/mol. The van der Waals surface area contributed by atoms with Gasteiger partial charge in [0.05, 0.1) is 19.8 Å². The van der Waals surface area contributed by atoms with Crippen LogP contribution in [0.3, 0.4) is 0 Å². The van der Waals surface area contributed by atoms with Crippen molar-refractivity contribution in [1.29, 1.82) is 0 Å². The molecule has 2 fully saturated rings. The zero-order chi connectivity index (χ0) is 15.9. The normalized spacial score (nSPS) is 22.5. The molecule has 0 spiro atoms. The number of morpholine rings is 1. The van der Waals surface area contributed by atoms with E-state index in [2.05, 4.69) is 10.6 Å². The topological polar surface area (TPSA) is 59.6 Å². The molecule has 0 aromatic heterocycles. The van der Waals surface area contributed by atoms with Gasteiger partial charge in [-0.1, -0.05) is 19.3 Å². The van der Waals surface area contributed by atoms with Gasteiger partial charge in [-0.15, -0.1) is 0 Å². The number of amides is 1. The third-order valence-corrected chi connectivity index (χ3v) is 4.57. The number of ether oxygens (including phenoxy) is 2. The molecule has 1 saturated carbocycles. The lowest BCUT2D eigenvalue weighted by atomic mass is 9.90. The highest BCUT2D eigenvalue weighted by atomic mass is 16.5. The number of carbonyl (C=O) groups is 1. The van der Waals surface area contributed by atoms with Crippen LogP contribution in [0.15, 0.2) is 24.3 Å². The summed E-state index contributed by atoms with van der Waals surface area (Å²) in [7, 11) is 0. The van der Waals surface area contributed by atoms with Crippen LogP contribution >= 0.6 is 0 Å². The minimum Gasteiger partial charge on any atom is -0.493 e. The maximum atomic E-state index is 12.1. The first-order valence-electron chi connectivity index (χ1n) is 8.66. The number of anilines is 1. The summed E-state index contributed by atoms with van der Waals surface area (Å²) in [5, 5.41) is 6.05. The standard InChI is InChI=1S/C18H26N2O3/c21-18(17-13-22-11-10-19-17)20-15-6-8-16(9-7-15)23-12-14-4-2-1-3-5-14/h6-9,14,17,19H,1-5,10-13H2,(H,20,21). The van der Waals surface area contributed by atoms with E-state index in [1.165, 1.54) is 32.1 Å². The molecular formula is C18H26N2O3. The van der Waals surface area contributed by atoms with Crippen molar-refractivity contribution >= 4 is 11.6 Å².